The van der Waals surface area contributed by atoms with E-state index in [0.29, 0.717) is 11.3 Å². The molecule has 7 nitrogen and oxygen atoms in total. The topological polar surface area (TPSA) is 104 Å². The Balaban J connectivity index is 1.70. The van der Waals surface area contributed by atoms with Crippen LogP contribution < -0.4 is 5.43 Å². The van der Waals surface area contributed by atoms with E-state index in [-0.39, 0.29) is 17.0 Å². The van der Waals surface area contributed by atoms with Crippen LogP contribution in [0.15, 0.2) is 77.9 Å². The van der Waals surface area contributed by atoms with E-state index in [1.807, 2.05) is 55.5 Å². The number of carbonyl (C=O) groups excluding carboxylic acids is 1. The lowest BCUT2D eigenvalue weighted by atomic mass is 10.1. The van der Waals surface area contributed by atoms with Crippen molar-refractivity contribution in [2.45, 2.75) is 13.8 Å². The van der Waals surface area contributed by atoms with Gasteiger partial charge in [-0.3, -0.25) is 9.36 Å². The fraction of sp³-hybridized carbons (Fsp3) is 0.0800. The van der Waals surface area contributed by atoms with E-state index in [9.17, 15) is 14.7 Å². The Labute approximate surface area is 184 Å². The van der Waals surface area contributed by atoms with Crippen molar-refractivity contribution in [2.24, 2.45) is 5.10 Å². The fourth-order valence-electron chi connectivity index (χ4n) is 3.63. The first-order chi connectivity index (χ1) is 15.4. The summed E-state index contributed by atoms with van der Waals surface area (Å²) < 4.78 is 1.75. The summed E-state index contributed by atoms with van der Waals surface area (Å²) in [7, 11) is 0. The largest absolute Gasteiger partial charge is 0.494 e. The summed E-state index contributed by atoms with van der Waals surface area (Å²) in [4.78, 5) is 23.4. The van der Waals surface area contributed by atoms with Gasteiger partial charge >= 0.3 is 5.97 Å². The molecule has 0 saturated heterocycles. The molecule has 4 aromatic rings. The van der Waals surface area contributed by atoms with Crippen LogP contribution in [-0.4, -0.2) is 32.4 Å². The number of hydrogen-bond donors (Lipinski definition) is 3. The highest BCUT2D eigenvalue weighted by atomic mass is 16.4. The number of benzene rings is 3. The lowest BCUT2D eigenvalue weighted by Crippen LogP contribution is -2.19. The Kier molecular flexibility index (Phi) is 5.47. The van der Waals surface area contributed by atoms with Crippen molar-refractivity contribution in [2.75, 3.05) is 0 Å². The molecule has 0 aliphatic carbocycles. The zero-order valence-corrected chi connectivity index (χ0v) is 17.5. The molecule has 32 heavy (non-hydrogen) atoms. The van der Waals surface area contributed by atoms with Crippen molar-refractivity contribution in [1.82, 2.24) is 9.99 Å². The van der Waals surface area contributed by atoms with Crippen LogP contribution in [0.2, 0.25) is 0 Å². The highest BCUT2D eigenvalue weighted by Crippen LogP contribution is 2.34. The van der Waals surface area contributed by atoms with Crippen LogP contribution in [0.3, 0.4) is 0 Å². The number of para-hydroxylation sites is 1. The average molecular weight is 427 g/mol. The smallest absolute Gasteiger partial charge is 0.335 e. The number of aromatic hydroxyl groups is 1. The predicted molar refractivity (Wildman–Crippen MR) is 123 cm³/mol. The molecule has 1 heterocycles. The number of aromatic nitrogens is 1. The quantitative estimate of drug-likeness (QED) is 0.322. The third-order valence-corrected chi connectivity index (χ3v) is 5.19. The number of fused-ring (bicyclic) bond motifs is 1. The predicted octanol–water partition coefficient (Wildman–Crippen LogP) is 4.50. The van der Waals surface area contributed by atoms with Gasteiger partial charge in [-0.15, -0.1) is 0 Å². The highest BCUT2D eigenvalue weighted by molar-refractivity contribution is 6.13. The van der Waals surface area contributed by atoms with E-state index < -0.39 is 11.9 Å². The summed E-state index contributed by atoms with van der Waals surface area (Å²) in [5, 5.41) is 25.1. The molecule has 0 spiro atoms. The second-order valence-corrected chi connectivity index (χ2v) is 7.41. The van der Waals surface area contributed by atoms with Gasteiger partial charge < -0.3 is 10.2 Å². The Morgan fingerprint density at radius 2 is 1.62 bits per heavy atom. The molecular weight excluding hydrogens is 406 g/mol. The molecule has 3 N–H and O–H groups in total. The Morgan fingerprint density at radius 3 is 2.31 bits per heavy atom. The average Bonchev–Trinajstić information content (AvgIpc) is 3.09. The van der Waals surface area contributed by atoms with Crippen molar-refractivity contribution in [1.29, 1.82) is 0 Å². The van der Waals surface area contributed by atoms with Crippen LogP contribution in [-0.2, 0) is 0 Å². The van der Waals surface area contributed by atoms with Gasteiger partial charge in [0.1, 0.15) is 0 Å². The Hall–Kier alpha value is -4.39. The number of aryl methyl sites for hydroxylation is 1. The van der Waals surface area contributed by atoms with Crippen LogP contribution in [0.25, 0.3) is 16.6 Å². The molecule has 0 aliphatic heterocycles. The highest BCUT2D eigenvalue weighted by Gasteiger charge is 2.20. The number of carboxylic acid groups (broad SMARTS) is 1. The summed E-state index contributed by atoms with van der Waals surface area (Å²) in [6.07, 6.45) is 0. The minimum absolute atomic E-state index is 0.0260. The zero-order chi connectivity index (χ0) is 22.8. The standard InChI is InChI=1S/C25H21N3O4/c1-15-6-5-7-19(14-15)28-21-9-4-3-8-20(21)22(24(28)30)16(2)26-27-23(29)17-10-12-18(13-11-17)25(31)32/h3-14,30H,1-2H3,(H,27,29)(H,31,32). The number of nitrogens with zero attached hydrogens (tertiary/aromatic N) is 2. The van der Waals surface area contributed by atoms with E-state index >= 15 is 0 Å². The van der Waals surface area contributed by atoms with Crippen molar-refractivity contribution < 1.29 is 19.8 Å². The number of nitrogens with one attached hydrogen (secondary N) is 1. The number of amides is 1. The van der Waals surface area contributed by atoms with Crippen LogP contribution in [0.4, 0.5) is 0 Å². The minimum Gasteiger partial charge on any atom is -0.494 e. The number of carboxylic acids is 1. The van der Waals surface area contributed by atoms with Gasteiger partial charge in [0.15, 0.2) is 0 Å². The molecule has 0 saturated carbocycles. The zero-order valence-electron chi connectivity index (χ0n) is 17.5. The Bertz CT molecular complexity index is 1370. The van der Waals surface area contributed by atoms with E-state index in [0.717, 1.165) is 22.2 Å². The molecule has 1 aromatic heterocycles. The molecule has 0 bridgehead atoms. The molecule has 7 heteroatoms. The monoisotopic (exact) mass is 427 g/mol. The van der Waals surface area contributed by atoms with E-state index in [2.05, 4.69) is 10.5 Å². The molecule has 3 aromatic carbocycles. The molecule has 160 valence electrons. The first-order valence-electron chi connectivity index (χ1n) is 9.94. The molecule has 1 amide bonds. The van der Waals surface area contributed by atoms with Gasteiger partial charge in [-0.1, -0.05) is 30.3 Å². The first kappa shape index (κ1) is 20.9. The van der Waals surface area contributed by atoms with Gasteiger partial charge in [-0.2, -0.15) is 5.10 Å². The summed E-state index contributed by atoms with van der Waals surface area (Å²) in [6, 6.07) is 20.9. The van der Waals surface area contributed by atoms with Crippen molar-refractivity contribution in [3.63, 3.8) is 0 Å². The van der Waals surface area contributed by atoms with Gasteiger partial charge in [0, 0.05) is 16.6 Å². The molecule has 4 rings (SSSR count). The molecule has 0 atom stereocenters. The third-order valence-electron chi connectivity index (χ3n) is 5.19. The van der Waals surface area contributed by atoms with Crippen molar-refractivity contribution >= 4 is 28.5 Å². The number of hydrazone groups is 1. The fourth-order valence-corrected chi connectivity index (χ4v) is 3.63. The molecule has 0 radical (unpaired) electrons. The molecule has 0 fully saturated rings. The normalized spacial score (nSPS) is 11.5. The van der Waals surface area contributed by atoms with Crippen molar-refractivity contribution in [3.05, 3.63) is 95.1 Å². The van der Waals surface area contributed by atoms with Gasteiger partial charge in [-0.05, 0) is 61.9 Å². The number of hydrogen-bond acceptors (Lipinski definition) is 4. The summed E-state index contributed by atoms with van der Waals surface area (Å²) >= 11 is 0. The van der Waals surface area contributed by atoms with Crippen LogP contribution in [0, 0.1) is 6.92 Å². The van der Waals surface area contributed by atoms with Crippen LogP contribution in [0.5, 0.6) is 5.88 Å². The van der Waals surface area contributed by atoms with Crippen LogP contribution >= 0.6 is 0 Å². The van der Waals surface area contributed by atoms with Gasteiger partial charge in [0.05, 0.1) is 22.4 Å². The van der Waals surface area contributed by atoms with E-state index in [1.54, 1.807) is 11.5 Å². The molecule has 0 unspecified atom stereocenters. The lowest BCUT2D eigenvalue weighted by Gasteiger charge is -2.08. The maximum absolute atomic E-state index is 12.4. The minimum atomic E-state index is -1.06. The van der Waals surface area contributed by atoms with Gasteiger partial charge in [0.25, 0.3) is 5.91 Å². The summed E-state index contributed by atoms with van der Waals surface area (Å²) in [6.45, 7) is 3.69. The summed E-state index contributed by atoms with van der Waals surface area (Å²) in [5.41, 5.74) is 6.49. The van der Waals surface area contributed by atoms with Crippen molar-refractivity contribution in [3.8, 4) is 11.6 Å². The van der Waals surface area contributed by atoms with E-state index in [1.165, 1.54) is 24.3 Å². The SMILES string of the molecule is CC(=NNC(=O)c1ccc(C(=O)O)cc1)c1c(O)n(-c2cccc(C)c2)c2ccccc12. The van der Waals surface area contributed by atoms with Gasteiger partial charge in [-0.25, -0.2) is 10.2 Å². The van der Waals surface area contributed by atoms with Gasteiger partial charge in [0.2, 0.25) is 5.88 Å². The van der Waals surface area contributed by atoms with Crippen LogP contribution in [0.1, 0.15) is 38.8 Å². The number of rotatable bonds is 5. The lowest BCUT2D eigenvalue weighted by molar-refractivity contribution is 0.0696. The summed E-state index contributed by atoms with van der Waals surface area (Å²) in [5.74, 6) is -1.52. The Morgan fingerprint density at radius 1 is 0.938 bits per heavy atom. The third kappa shape index (κ3) is 3.83. The second kappa shape index (κ2) is 8.39. The molecule has 0 aliphatic rings. The maximum atomic E-state index is 12.4. The van der Waals surface area contributed by atoms with E-state index in [4.69, 9.17) is 5.11 Å². The maximum Gasteiger partial charge on any atom is 0.335 e. The second-order valence-electron chi connectivity index (χ2n) is 7.41. The molecular formula is C25H21N3O4. The first-order valence-corrected chi connectivity index (χ1v) is 9.94. The number of carbonyl (C=O) groups is 2. The number of aromatic carboxylic acids is 1.